The Bertz CT molecular complexity index is 127. The van der Waals surface area contributed by atoms with Crippen LogP contribution < -0.4 is 0 Å². The molecule has 0 aliphatic heterocycles. The van der Waals surface area contributed by atoms with E-state index in [1.54, 1.807) is 0 Å². The highest BCUT2D eigenvalue weighted by Gasteiger charge is 2.48. The average molecular weight is 126 g/mol. The molecule has 0 aromatic heterocycles. The normalized spacial score (nSPS) is 33.4. The zero-order valence-electron chi connectivity index (χ0n) is 6.35. The molecular weight excluding hydrogens is 112 g/mol. The Morgan fingerprint density at radius 1 is 1.67 bits per heavy atom. The summed E-state index contributed by atoms with van der Waals surface area (Å²) in [6.45, 7) is 6.45. The highest BCUT2D eigenvalue weighted by Crippen LogP contribution is 2.55. The quantitative estimate of drug-likeness (QED) is 0.516. The fourth-order valence-corrected chi connectivity index (χ4v) is 1.50. The van der Waals surface area contributed by atoms with Crippen molar-refractivity contribution in [3.63, 3.8) is 0 Å². The van der Waals surface area contributed by atoms with Gasteiger partial charge in [0.1, 0.15) is 6.29 Å². The fraction of sp³-hybridized carbons (Fsp3) is 0.875. The molecule has 9 heavy (non-hydrogen) atoms. The van der Waals surface area contributed by atoms with E-state index in [0.29, 0.717) is 11.3 Å². The molecule has 0 amide bonds. The van der Waals surface area contributed by atoms with Gasteiger partial charge in [-0.1, -0.05) is 20.8 Å². The van der Waals surface area contributed by atoms with Crippen molar-refractivity contribution >= 4 is 6.29 Å². The van der Waals surface area contributed by atoms with Gasteiger partial charge in [-0.25, -0.2) is 0 Å². The van der Waals surface area contributed by atoms with Crippen molar-refractivity contribution in [2.75, 3.05) is 0 Å². The Morgan fingerprint density at radius 3 is 2.22 bits per heavy atom. The second-order valence-corrected chi connectivity index (χ2v) is 3.79. The van der Waals surface area contributed by atoms with E-state index < -0.39 is 0 Å². The minimum atomic E-state index is 0.278. The number of hydrogen-bond donors (Lipinski definition) is 0. The van der Waals surface area contributed by atoms with Crippen molar-refractivity contribution in [2.45, 2.75) is 27.2 Å². The topological polar surface area (TPSA) is 17.1 Å². The van der Waals surface area contributed by atoms with Crippen LogP contribution in [0.3, 0.4) is 0 Å². The smallest absolute Gasteiger partial charge is 0.123 e. The first-order valence-corrected chi connectivity index (χ1v) is 3.53. The molecule has 1 aliphatic rings. The van der Waals surface area contributed by atoms with Crippen molar-refractivity contribution in [3.05, 3.63) is 0 Å². The van der Waals surface area contributed by atoms with E-state index in [-0.39, 0.29) is 5.92 Å². The lowest BCUT2D eigenvalue weighted by atomic mass is 10.0. The largest absolute Gasteiger partial charge is 0.303 e. The van der Waals surface area contributed by atoms with Gasteiger partial charge in [-0.05, 0) is 17.8 Å². The molecule has 0 aromatic carbocycles. The summed E-state index contributed by atoms with van der Waals surface area (Å²) in [6, 6.07) is 0. The molecule has 0 radical (unpaired) electrons. The van der Waals surface area contributed by atoms with Crippen LogP contribution in [0.2, 0.25) is 0 Å². The predicted molar refractivity (Wildman–Crippen MR) is 37.1 cm³/mol. The van der Waals surface area contributed by atoms with Crippen LogP contribution in [0.25, 0.3) is 0 Å². The zero-order chi connectivity index (χ0) is 7.07. The minimum Gasteiger partial charge on any atom is -0.303 e. The Labute approximate surface area is 56.4 Å². The van der Waals surface area contributed by atoms with Crippen LogP contribution in [-0.4, -0.2) is 6.29 Å². The Hall–Kier alpha value is -0.330. The highest BCUT2D eigenvalue weighted by atomic mass is 16.1. The van der Waals surface area contributed by atoms with E-state index in [9.17, 15) is 4.79 Å². The van der Waals surface area contributed by atoms with Gasteiger partial charge in [0.25, 0.3) is 0 Å². The molecule has 1 aliphatic carbocycles. The number of aldehydes is 1. The van der Waals surface area contributed by atoms with Crippen LogP contribution in [0.15, 0.2) is 0 Å². The Balaban J connectivity index is 2.42. The third-order valence-electron chi connectivity index (χ3n) is 2.44. The molecule has 2 unspecified atom stereocenters. The first-order valence-electron chi connectivity index (χ1n) is 3.53. The maximum Gasteiger partial charge on any atom is 0.123 e. The molecule has 52 valence electrons. The summed E-state index contributed by atoms with van der Waals surface area (Å²) in [5.74, 6) is 0.940. The molecule has 1 nitrogen and oxygen atoms in total. The van der Waals surface area contributed by atoms with Crippen LogP contribution in [0.4, 0.5) is 0 Å². The predicted octanol–water partition coefficient (Wildman–Crippen LogP) is 1.87. The lowest BCUT2D eigenvalue weighted by Gasteiger charge is -2.03. The summed E-state index contributed by atoms with van der Waals surface area (Å²) >= 11 is 0. The van der Waals surface area contributed by atoms with Gasteiger partial charge in [0, 0.05) is 5.92 Å². The van der Waals surface area contributed by atoms with Gasteiger partial charge in [-0.15, -0.1) is 0 Å². The van der Waals surface area contributed by atoms with Gasteiger partial charge in [0.15, 0.2) is 0 Å². The van der Waals surface area contributed by atoms with Gasteiger partial charge in [0.05, 0.1) is 0 Å². The van der Waals surface area contributed by atoms with Crippen LogP contribution >= 0.6 is 0 Å². The van der Waals surface area contributed by atoms with Gasteiger partial charge < -0.3 is 4.79 Å². The lowest BCUT2D eigenvalue weighted by Crippen LogP contribution is -2.03. The summed E-state index contributed by atoms with van der Waals surface area (Å²) < 4.78 is 0. The van der Waals surface area contributed by atoms with Gasteiger partial charge in [0.2, 0.25) is 0 Å². The average Bonchev–Trinajstić information content (AvgIpc) is 2.38. The van der Waals surface area contributed by atoms with E-state index in [1.807, 2.05) is 6.92 Å². The van der Waals surface area contributed by atoms with Crippen molar-refractivity contribution in [2.24, 2.45) is 17.3 Å². The molecular formula is C8H14O. The van der Waals surface area contributed by atoms with Gasteiger partial charge in [-0.3, -0.25) is 0 Å². The van der Waals surface area contributed by atoms with Crippen LogP contribution in [0, 0.1) is 17.3 Å². The van der Waals surface area contributed by atoms with E-state index in [2.05, 4.69) is 13.8 Å². The van der Waals surface area contributed by atoms with Crippen LogP contribution in [0.5, 0.6) is 0 Å². The van der Waals surface area contributed by atoms with E-state index in [1.165, 1.54) is 6.42 Å². The molecule has 0 bridgehead atoms. The van der Waals surface area contributed by atoms with E-state index in [4.69, 9.17) is 0 Å². The van der Waals surface area contributed by atoms with Crippen molar-refractivity contribution < 1.29 is 4.79 Å². The second kappa shape index (κ2) is 1.83. The molecule has 2 atom stereocenters. The standard InChI is InChI=1S/C8H14O/c1-6(5-9)7-4-8(7,2)3/h5-7H,4H2,1-3H3. The zero-order valence-corrected chi connectivity index (χ0v) is 6.35. The summed E-state index contributed by atoms with van der Waals surface area (Å²) in [5, 5.41) is 0. The van der Waals surface area contributed by atoms with E-state index in [0.717, 1.165) is 6.29 Å². The maximum atomic E-state index is 10.3. The molecule has 0 N–H and O–H groups in total. The number of carbonyl (C=O) groups excluding carboxylic acids is 1. The van der Waals surface area contributed by atoms with Gasteiger partial charge in [-0.2, -0.15) is 0 Å². The molecule has 0 heterocycles. The molecule has 1 saturated carbocycles. The first kappa shape index (κ1) is 6.79. The molecule has 1 fully saturated rings. The molecule has 1 heteroatoms. The fourth-order valence-electron chi connectivity index (χ4n) is 1.50. The number of hydrogen-bond acceptors (Lipinski definition) is 1. The molecule has 0 saturated heterocycles. The monoisotopic (exact) mass is 126 g/mol. The molecule has 1 rings (SSSR count). The third kappa shape index (κ3) is 1.15. The molecule has 0 aromatic rings. The number of rotatable bonds is 2. The van der Waals surface area contributed by atoms with Crippen molar-refractivity contribution in [3.8, 4) is 0 Å². The minimum absolute atomic E-state index is 0.278. The summed E-state index contributed by atoms with van der Waals surface area (Å²) in [5.41, 5.74) is 0.459. The Kier molecular flexibility index (Phi) is 1.38. The number of carbonyl (C=O) groups is 1. The van der Waals surface area contributed by atoms with Crippen LogP contribution in [-0.2, 0) is 4.79 Å². The summed E-state index contributed by atoms with van der Waals surface area (Å²) in [6.07, 6.45) is 2.30. The van der Waals surface area contributed by atoms with Gasteiger partial charge >= 0.3 is 0 Å². The SMILES string of the molecule is CC(C=O)C1CC1(C)C. The maximum absolute atomic E-state index is 10.3. The van der Waals surface area contributed by atoms with Crippen molar-refractivity contribution in [1.29, 1.82) is 0 Å². The summed E-state index contributed by atoms with van der Waals surface area (Å²) in [4.78, 5) is 10.3. The highest BCUT2D eigenvalue weighted by molar-refractivity contribution is 5.54. The Morgan fingerprint density at radius 2 is 2.11 bits per heavy atom. The second-order valence-electron chi connectivity index (χ2n) is 3.79. The van der Waals surface area contributed by atoms with E-state index >= 15 is 0 Å². The first-order chi connectivity index (χ1) is 4.08. The van der Waals surface area contributed by atoms with Crippen molar-refractivity contribution in [1.82, 2.24) is 0 Å². The van der Waals surface area contributed by atoms with Crippen LogP contribution in [0.1, 0.15) is 27.2 Å². The molecule has 0 spiro atoms. The third-order valence-corrected chi connectivity index (χ3v) is 2.44. The summed E-state index contributed by atoms with van der Waals surface area (Å²) in [7, 11) is 0. The lowest BCUT2D eigenvalue weighted by molar-refractivity contribution is -0.111.